The average molecular weight is 569 g/mol. The fraction of sp³-hybridized carbons (Fsp3) is 0.424. The number of pyridine rings is 1. The fourth-order valence-corrected chi connectivity index (χ4v) is 7.22. The number of ether oxygens (including phenoxy) is 1. The normalized spacial score (nSPS) is 22.9. The van der Waals surface area contributed by atoms with Gasteiger partial charge in [0.05, 0.1) is 10.9 Å². The van der Waals surface area contributed by atoms with Crippen LogP contribution in [0.15, 0.2) is 42.6 Å². The van der Waals surface area contributed by atoms with Crippen molar-refractivity contribution in [3.8, 4) is 29.6 Å². The summed E-state index contributed by atoms with van der Waals surface area (Å²) in [6, 6.07) is 11.7. The van der Waals surface area contributed by atoms with E-state index >= 15 is 4.39 Å². The van der Waals surface area contributed by atoms with Crippen LogP contribution in [0.1, 0.15) is 37.7 Å². The highest BCUT2D eigenvalue weighted by Gasteiger charge is 2.49. The Morgan fingerprint density at radius 2 is 2.00 bits per heavy atom. The molecule has 7 nitrogen and oxygen atoms in total. The number of terminal acetylenes is 1. The lowest BCUT2D eigenvalue weighted by Crippen LogP contribution is -2.43. The summed E-state index contributed by atoms with van der Waals surface area (Å²) in [5, 5.41) is 5.60. The number of nitrogens with one attached hydrogen (secondary N) is 1. The third-order valence-corrected chi connectivity index (χ3v) is 9.38. The van der Waals surface area contributed by atoms with E-state index in [0.29, 0.717) is 35.3 Å². The van der Waals surface area contributed by atoms with E-state index in [1.54, 1.807) is 6.20 Å². The van der Waals surface area contributed by atoms with Crippen LogP contribution >= 0.6 is 0 Å². The van der Waals surface area contributed by atoms with Crippen LogP contribution in [0.3, 0.4) is 0 Å². The van der Waals surface area contributed by atoms with Gasteiger partial charge < -0.3 is 15.0 Å². The molecular weight excluding hydrogens is 534 g/mol. The van der Waals surface area contributed by atoms with E-state index in [-0.39, 0.29) is 35.4 Å². The van der Waals surface area contributed by atoms with Crippen molar-refractivity contribution in [2.75, 3.05) is 44.7 Å². The van der Waals surface area contributed by atoms with E-state index in [0.717, 1.165) is 56.1 Å². The van der Waals surface area contributed by atoms with Gasteiger partial charge in [0.15, 0.2) is 5.82 Å². The highest BCUT2D eigenvalue weighted by Crippen LogP contribution is 2.41. The van der Waals surface area contributed by atoms with Crippen LogP contribution < -0.4 is 15.0 Å². The van der Waals surface area contributed by atoms with Crippen LogP contribution in [0, 0.1) is 18.2 Å². The van der Waals surface area contributed by atoms with Gasteiger partial charge in [-0.1, -0.05) is 36.3 Å². The Hall–Kier alpha value is -3.87. The summed E-state index contributed by atoms with van der Waals surface area (Å²) in [6.07, 6.45) is 10.8. The summed E-state index contributed by atoms with van der Waals surface area (Å²) >= 11 is 0. The van der Waals surface area contributed by atoms with Crippen LogP contribution in [0.4, 0.5) is 14.6 Å². The van der Waals surface area contributed by atoms with Crippen LogP contribution in [-0.2, 0) is 0 Å². The van der Waals surface area contributed by atoms with Crippen molar-refractivity contribution in [1.29, 1.82) is 0 Å². The van der Waals surface area contributed by atoms with E-state index in [2.05, 4.69) is 31.0 Å². The Morgan fingerprint density at radius 1 is 1.19 bits per heavy atom. The van der Waals surface area contributed by atoms with Gasteiger partial charge in [0, 0.05) is 48.8 Å². The maximum atomic E-state index is 16.6. The number of halogens is 2. The topological polar surface area (TPSA) is 66.4 Å². The quantitative estimate of drug-likeness (QED) is 0.325. The molecule has 2 aromatic carbocycles. The second-order valence-corrected chi connectivity index (χ2v) is 11.8. The molecule has 0 radical (unpaired) electrons. The van der Waals surface area contributed by atoms with Gasteiger partial charge in [-0.15, -0.1) is 6.42 Å². The minimum absolute atomic E-state index is 0.0973. The van der Waals surface area contributed by atoms with E-state index in [9.17, 15) is 4.39 Å². The zero-order valence-electron chi connectivity index (χ0n) is 23.7. The average Bonchev–Trinajstić information content (AvgIpc) is 3.55. The third-order valence-electron chi connectivity index (χ3n) is 9.38. The molecule has 5 heterocycles. The SMILES string of the molecule is C#Cc1cccc2cccc(-c3ncc4c(N(C)C5CCNCC5)nc(OC[C@@]56CCCN5C[C@H](F)C6)nc4c3F)c12. The Morgan fingerprint density at radius 3 is 2.81 bits per heavy atom. The molecular formula is C33H34F2N6O. The van der Waals surface area contributed by atoms with Gasteiger partial charge in [-0.25, -0.2) is 8.78 Å². The summed E-state index contributed by atoms with van der Waals surface area (Å²) in [5.41, 5.74) is 1.23. The molecule has 0 saturated carbocycles. The predicted molar refractivity (Wildman–Crippen MR) is 161 cm³/mol. The Labute approximate surface area is 244 Å². The zero-order chi connectivity index (χ0) is 28.8. The molecule has 216 valence electrons. The number of rotatable bonds is 6. The van der Waals surface area contributed by atoms with Crippen molar-refractivity contribution >= 4 is 27.5 Å². The lowest BCUT2D eigenvalue weighted by molar-refractivity contribution is 0.107. The van der Waals surface area contributed by atoms with E-state index in [1.165, 1.54) is 0 Å². The number of fused-ring (bicyclic) bond motifs is 3. The Bertz CT molecular complexity index is 1690. The number of hydrogen-bond donors (Lipinski definition) is 1. The van der Waals surface area contributed by atoms with Crippen molar-refractivity contribution in [3.05, 3.63) is 54.0 Å². The van der Waals surface area contributed by atoms with Gasteiger partial charge in [0.2, 0.25) is 0 Å². The lowest BCUT2D eigenvalue weighted by atomic mass is 9.95. The first kappa shape index (κ1) is 27.0. The highest BCUT2D eigenvalue weighted by atomic mass is 19.1. The van der Waals surface area contributed by atoms with Gasteiger partial charge in [0.1, 0.15) is 29.8 Å². The third kappa shape index (κ3) is 4.54. The maximum Gasteiger partial charge on any atom is 0.319 e. The van der Waals surface area contributed by atoms with Gasteiger partial charge in [0.25, 0.3) is 0 Å². The second kappa shape index (κ2) is 10.8. The first-order chi connectivity index (χ1) is 20.5. The van der Waals surface area contributed by atoms with Crippen molar-refractivity contribution in [2.45, 2.75) is 49.9 Å². The molecule has 0 bridgehead atoms. The molecule has 3 aliphatic heterocycles. The number of nitrogens with zero attached hydrogens (tertiary/aromatic N) is 5. The zero-order valence-corrected chi connectivity index (χ0v) is 23.7. The first-order valence-corrected chi connectivity index (χ1v) is 14.8. The molecule has 9 heteroatoms. The van der Waals surface area contributed by atoms with Gasteiger partial charge in [-0.3, -0.25) is 9.88 Å². The standard InChI is InChI=1S/C33H34F2N6O/c1-3-21-7-4-8-22-9-5-10-25(27(21)22)29-28(35)30-26(18-37-29)31(40(2)24-11-14-36-15-12-24)39-32(38-30)42-20-33-13-6-16-41(33)19-23(34)17-33/h1,4-5,7-10,18,23-24,36H,6,11-17,19-20H2,2H3/t23-,33+/m1/s1. The van der Waals surface area contributed by atoms with E-state index in [4.69, 9.17) is 16.1 Å². The molecule has 3 saturated heterocycles. The molecule has 0 aliphatic carbocycles. The highest BCUT2D eigenvalue weighted by molar-refractivity contribution is 6.02. The molecule has 2 atom stereocenters. The number of alkyl halides is 1. The molecule has 0 amide bonds. The van der Waals surface area contributed by atoms with Crippen LogP contribution in [0.25, 0.3) is 32.9 Å². The number of aromatic nitrogens is 3. The van der Waals surface area contributed by atoms with Crippen molar-refractivity contribution in [3.63, 3.8) is 0 Å². The largest absolute Gasteiger partial charge is 0.461 e. The van der Waals surface area contributed by atoms with Crippen LogP contribution in [0.2, 0.25) is 0 Å². The Balaban J connectivity index is 1.35. The van der Waals surface area contributed by atoms with Gasteiger partial charge in [-0.2, -0.15) is 9.97 Å². The smallest absolute Gasteiger partial charge is 0.319 e. The monoisotopic (exact) mass is 568 g/mol. The predicted octanol–water partition coefficient (Wildman–Crippen LogP) is 5.11. The van der Waals surface area contributed by atoms with Crippen LogP contribution in [0.5, 0.6) is 6.01 Å². The molecule has 2 aromatic heterocycles. The molecule has 7 rings (SSSR count). The molecule has 4 aromatic rings. The fourth-order valence-electron chi connectivity index (χ4n) is 7.22. The summed E-state index contributed by atoms with van der Waals surface area (Å²) < 4.78 is 37.3. The second-order valence-electron chi connectivity index (χ2n) is 11.8. The summed E-state index contributed by atoms with van der Waals surface area (Å²) in [7, 11) is 1.99. The van der Waals surface area contributed by atoms with Crippen molar-refractivity contribution < 1.29 is 13.5 Å². The van der Waals surface area contributed by atoms with E-state index < -0.39 is 12.0 Å². The minimum atomic E-state index is -0.868. The molecule has 3 fully saturated rings. The summed E-state index contributed by atoms with van der Waals surface area (Å²) in [4.78, 5) is 18.4. The number of anilines is 1. The van der Waals surface area contributed by atoms with Gasteiger partial charge in [-0.05, 0) is 56.8 Å². The number of piperidine rings is 1. The van der Waals surface area contributed by atoms with E-state index in [1.807, 2.05) is 43.4 Å². The minimum Gasteiger partial charge on any atom is -0.461 e. The van der Waals surface area contributed by atoms with Crippen molar-refractivity contribution in [1.82, 2.24) is 25.2 Å². The molecule has 1 N–H and O–H groups in total. The molecule has 0 spiro atoms. The first-order valence-electron chi connectivity index (χ1n) is 14.8. The number of hydrogen-bond acceptors (Lipinski definition) is 7. The number of benzene rings is 2. The molecule has 3 aliphatic rings. The van der Waals surface area contributed by atoms with Gasteiger partial charge >= 0.3 is 6.01 Å². The summed E-state index contributed by atoms with van der Waals surface area (Å²) in [6.45, 7) is 3.36. The molecule has 0 unspecified atom stereocenters. The summed E-state index contributed by atoms with van der Waals surface area (Å²) in [5.74, 6) is 2.76. The Kier molecular flexibility index (Phi) is 6.91. The molecule has 42 heavy (non-hydrogen) atoms. The maximum absolute atomic E-state index is 16.6. The van der Waals surface area contributed by atoms with Crippen LogP contribution in [-0.4, -0.2) is 77.4 Å². The van der Waals surface area contributed by atoms with Crippen molar-refractivity contribution in [2.24, 2.45) is 0 Å². The lowest BCUT2D eigenvalue weighted by Gasteiger charge is -2.33.